The lowest BCUT2D eigenvalue weighted by Crippen LogP contribution is -2.40. The highest BCUT2D eigenvalue weighted by Crippen LogP contribution is 2.34. The Morgan fingerprint density at radius 3 is 2.44 bits per heavy atom. The maximum absolute atomic E-state index is 13.2. The van der Waals surface area contributed by atoms with Crippen LogP contribution in [0, 0.1) is 0 Å². The van der Waals surface area contributed by atoms with Crippen molar-refractivity contribution < 1.29 is 36.9 Å². The van der Waals surface area contributed by atoms with Gasteiger partial charge in [-0.2, -0.15) is 4.31 Å². The zero-order valence-corrected chi connectivity index (χ0v) is 19.7. The average Bonchev–Trinajstić information content (AvgIpc) is 2.87. The van der Waals surface area contributed by atoms with Crippen LogP contribution in [0.2, 0.25) is 0 Å². The molecule has 1 unspecified atom stereocenters. The van der Waals surface area contributed by atoms with E-state index < -0.39 is 22.0 Å². The van der Waals surface area contributed by atoms with E-state index in [2.05, 4.69) is 5.32 Å². The van der Waals surface area contributed by atoms with Crippen LogP contribution >= 0.6 is 0 Å². The van der Waals surface area contributed by atoms with Gasteiger partial charge in [0.1, 0.15) is 11.5 Å². The first-order valence-corrected chi connectivity index (χ1v) is 12.5. The number of rotatable bonds is 8. The first-order valence-electron chi connectivity index (χ1n) is 11.1. The second kappa shape index (κ2) is 11.2. The minimum absolute atomic E-state index is 0.0459. The van der Waals surface area contributed by atoms with Crippen LogP contribution in [0.3, 0.4) is 0 Å². The Morgan fingerprint density at radius 1 is 1.03 bits per heavy atom. The third-order valence-corrected chi connectivity index (χ3v) is 7.18. The molecule has 4 rings (SSSR count). The van der Waals surface area contributed by atoms with Crippen molar-refractivity contribution in [2.24, 2.45) is 0 Å². The van der Waals surface area contributed by atoms with E-state index in [1.165, 1.54) is 22.5 Å². The van der Waals surface area contributed by atoms with Crippen molar-refractivity contribution in [1.82, 2.24) is 4.31 Å². The molecule has 0 bridgehead atoms. The molecule has 0 radical (unpaired) electrons. The SMILES string of the molecule is CCOc1ccc(Oc2ccc(S(=O)(=O)N3CCOCC3)cc2NC(=O)C2COCCO2)cc1. The maximum Gasteiger partial charge on any atom is 0.256 e. The summed E-state index contributed by atoms with van der Waals surface area (Å²) in [6.07, 6.45) is -0.799. The van der Waals surface area contributed by atoms with E-state index in [1.807, 2.05) is 6.92 Å². The van der Waals surface area contributed by atoms with E-state index in [0.29, 0.717) is 44.5 Å². The van der Waals surface area contributed by atoms with Gasteiger partial charge in [0.15, 0.2) is 11.9 Å². The summed E-state index contributed by atoms with van der Waals surface area (Å²) in [5.74, 6) is 1.04. The van der Waals surface area contributed by atoms with Crippen LogP contribution < -0.4 is 14.8 Å². The third kappa shape index (κ3) is 5.86. The van der Waals surface area contributed by atoms with Crippen molar-refractivity contribution in [2.45, 2.75) is 17.9 Å². The number of nitrogens with zero attached hydrogens (tertiary/aromatic N) is 1. The number of amides is 1. The average molecular weight is 493 g/mol. The molecule has 0 aromatic heterocycles. The Hall–Kier alpha value is -2.70. The molecule has 2 aliphatic rings. The van der Waals surface area contributed by atoms with Gasteiger partial charge in [-0.1, -0.05) is 0 Å². The number of carbonyl (C=O) groups excluding carboxylic acids is 1. The summed E-state index contributed by atoms with van der Waals surface area (Å²) in [6, 6.07) is 11.4. The molecule has 1 N–H and O–H groups in total. The molecule has 10 nitrogen and oxygen atoms in total. The Labute approximate surface area is 198 Å². The highest BCUT2D eigenvalue weighted by Gasteiger charge is 2.29. The molecule has 2 aromatic rings. The van der Waals surface area contributed by atoms with Gasteiger partial charge >= 0.3 is 0 Å². The number of hydrogen-bond donors (Lipinski definition) is 1. The van der Waals surface area contributed by atoms with Gasteiger partial charge in [0, 0.05) is 13.1 Å². The number of anilines is 1. The van der Waals surface area contributed by atoms with E-state index in [-0.39, 0.29) is 36.0 Å². The number of hydrogen-bond acceptors (Lipinski definition) is 8. The Bertz CT molecular complexity index is 1080. The second-order valence-corrected chi connectivity index (χ2v) is 9.54. The number of benzene rings is 2. The monoisotopic (exact) mass is 492 g/mol. The number of nitrogens with one attached hydrogen (secondary N) is 1. The minimum atomic E-state index is -3.77. The van der Waals surface area contributed by atoms with Crippen LogP contribution in [0.5, 0.6) is 17.2 Å². The molecule has 11 heteroatoms. The normalized spacial score (nSPS) is 19.4. The van der Waals surface area contributed by atoms with Crippen molar-refractivity contribution in [1.29, 1.82) is 0 Å². The minimum Gasteiger partial charge on any atom is -0.494 e. The van der Waals surface area contributed by atoms with Crippen LogP contribution in [0.15, 0.2) is 47.4 Å². The lowest BCUT2D eigenvalue weighted by Gasteiger charge is -2.26. The zero-order valence-electron chi connectivity index (χ0n) is 18.9. The van der Waals surface area contributed by atoms with Crippen LogP contribution in [-0.4, -0.2) is 77.5 Å². The number of carbonyl (C=O) groups is 1. The van der Waals surface area contributed by atoms with E-state index >= 15 is 0 Å². The van der Waals surface area contributed by atoms with E-state index in [4.69, 9.17) is 23.7 Å². The van der Waals surface area contributed by atoms with Gasteiger partial charge in [-0.05, 0) is 49.4 Å². The molecule has 0 aliphatic carbocycles. The van der Waals surface area contributed by atoms with Gasteiger partial charge < -0.3 is 29.0 Å². The molecule has 0 saturated carbocycles. The van der Waals surface area contributed by atoms with Crippen molar-refractivity contribution in [2.75, 3.05) is 58.0 Å². The molecule has 34 heavy (non-hydrogen) atoms. The lowest BCUT2D eigenvalue weighted by atomic mass is 10.2. The van der Waals surface area contributed by atoms with E-state index in [1.54, 1.807) is 24.3 Å². The Morgan fingerprint density at radius 2 is 1.76 bits per heavy atom. The van der Waals surface area contributed by atoms with Gasteiger partial charge in [-0.15, -0.1) is 0 Å². The summed E-state index contributed by atoms with van der Waals surface area (Å²) in [7, 11) is -3.77. The van der Waals surface area contributed by atoms with Crippen LogP contribution in [0.25, 0.3) is 0 Å². The fourth-order valence-electron chi connectivity index (χ4n) is 3.54. The summed E-state index contributed by atoms with van der Waals surface area (Å²) >= 11 is 0. The van der Waals surface area contributed by atoms with Crippen molar-refractivity contribution in [3.63, 3.8) is 0 Å². The van der Waals surface area contributed by atoms with Crippen molar-refractivity contribution in [3.05, 3.63) is 42.5 Å². The predicted octanol–water partition coefficient (Wildman–Crippen LogP) is 2.25. The highest BCUT2D eigenvalue weighted by molar-refractivity contribution is 7.89. The van der Waals surface area contributed by atoms with E-state index in [0.717, 1.165) is 0 Å². The molecule has 2 saturated heterocycles. The van der Waals surface area contributed by atoms with Gasteiger partial charge in [0.05, 0.1) is 50.2 Å². The van der Waals surface area contributed by atoms with Crippen LogP contribution in [0.1, 0.15) is 6.92 Å². The standard InChI is InChI=1S/C23H28N2O8S/c1-2-31-17-3-5-18(6-4-17)33-21-8-7-19(34(27,28)25-9-11-29-12-10-25)15-20(21)24-23(26)22-16-30-13-14-32-22/h3-8,15,22H,2,9-14,16H2,1H3,(H,24,26). The highest BCUT2D eigenvalue weighted by atomic mass is 32.2. The van der Waals surface area contributed by atoms with E-state index in [9.17, 15) is 13.2 Å². The van der Waals surface area contributed by atoms with Crippen molar-refractivity contribution in [3.8, 4) is 17.2 Å². The Balaban J connectivity index is 1.61. The molecule has 2 aliphatic heterocycles. The fourth-order valence-corrected chi connectivity index (χ4v) is 4.98. The number of morpholine rings is 1. The first-order chi connectivity index (χ1) is 16.5. The zero-order chi connectivity index (χ0) is 24.0. The summed E-state index contributed by atoms with van der Waals surface area (Å²) < 4.78 is 55.1. The summed E-state index contributed by atoms with van der Waals surface area (Å²) in [5, 5.41) is 2.75. The summed E-state index contributed by atoms with van der Waals surface area (Å²) in [6.45, 7) is 4.48. The third-order valence-electron chi connectivity index (χ3n) is 5.29. The summed E-state index contributed by atoms with van der Waals surface area (Å²) in [5.41, 5.74) is 0.211. The summed E-state index contributed by atoms with van der Waals surface area (Å²) in [4.78, 5) is 12.8. The van der Waals surface area contributed by atoms with Crippen LogP contribution in [0.4, 0.5) is 5.69 Å². The molecule has 0 spiro atoms. The number of ether oxygens (including phenoxy) is 5. The molecule has 2 heterocycles. The smallest absolute Gasteiger partial charge is 0.256 e. The molecule has 184 valence electrons. The van der Waals surface area contributed by atoms with Crippen LogP contribution in [-0.2, 0) is 29.0 Å². The first kappa shape index (κ1) is 24.4. The fraction of sp³-hybridized carbons (Fsp3) is 0.435. The number of sulfonamides is 1. The molecule has 2 fully saturated rings. The molecular weight excluding hydrogens is 464 g/mol. The second-order valence-electron chi connectivity index (χ2n) is 7.60. The van der Waals surface area contributed by atoms with Crippen molar-refractivity contribution >= 4 is 21.6 Å². The van der Waals surface area contributed by atoms with Gasteiger partial charge in [-0.3, -0.25) is 4.79 Å². The van der Waals surface area contributed by atoms with Gasteiger partial charge in [0.25, 0.3) is 5.91 Å². The largest absolute Gasteiger partial charge is 0.494 e. The molecule has 1 amide bonds. The quantitative estimate of drug-likeness (QED) is 0.597. The Kier molecular flexibility index (Phi) is 8.01. The molecule has 2 aromatic carbocycles. The lowest BCUT2D eigenvalue weighted by molar-refractivity contribution is -0.142. The van der Waals surface area contributed by atoms with Gasteiger partial charge in [0.2, 0.25) is 10.0 Å². The predicted molar refractivity (Wildman–Crippen MR) is 123 cm³/mol. The molecule has 1 atom stereocenters. The maximum atomic E-state index is 13.2. The molecular formula is C23H28N2O8S. The topological polar surface area (TPSA) is 113 Å². The van der Waals surface area contributed by atoms with Gasteiger partial charge in [-0.25, -0.2) is 8.42 Å².